The Balaban J connectivity index is 1.81. The first kappa shape index (κ1) is 20.8. The summed E-state index contributed by atoms with van der Waals surface area (Å²) < 4.78 is 8.24. The smallest absolute Gasteiger partial charge is 0.211 e. The standard InChI is InChI=1S/C23H20BrN3OS2/c1-15-4-5-17(16(2)12-15)13-25-27-20(21-10-11-22(24)30-21)14-29-23(27)26-18-6-8-19(28-3)9-7-18/h4-14H,1-3H3/b25-13-,26-23?. The van der Waals surface area contributed by atoms with E-state index in [1.807, 2.05) is 35.2 Å². The minimum absolute atomic E-state index is 0.806. The summed E-state index contributed by atoms with van der Waals surface area (Å²) in [6.45, 7) is 4.20. The van der Waals surface area contributed by atoms with Crippen molar-refractivity contribution in [2.45, 2.75) is 13.8 Å². The van der Waals surface area contributed by atoms with E-state index in [1.54, 1.807) is 29.8 Å². The lowest BCUT2D eigenvalue weighted by Gasteiger charge is -2.04. The summed E-state index contributed by atoms with van der Waals surface area (Å²) in [5.74, 6) is 0.810. The monoisotopic (exact) mass is 497 g/mol. The molecule has 0 atom stereocenters. The number of methoxy groups -OCH3 is 1. The molecule has 0 radical (unpaired) electrons. The number of thiazole rings is 1. The lowest BCUT2D eigenvalue weighted by Crippen LogP contribution is -2.11. The number of hydrogen-bond acceptors (Lipinski definition) is 5. The Kier molecular flexibility index (Phi) is 6.32. The van der Waals surface area contributed by atoms with E-state index >= 15 is 0 Å². The summed E-state index contributed by atoms with van der Waals surface area (Å²) in [5.41, 5.74) is 5.40. The van der Waals surface area contributed by atoms with Gasteiger partial charge in [0.1, 0.15) is 5.75 Å². The number of nitrogens with zero attached hydrogens (tertiary/aromatic N) is 3. The largest absolute Gasteiger partial charge is 0.497 e. The fourth-order valence-electron chi connectivity index (χ4n) is 2.97. The van der Waals surface area contributed by atoms with Crippen LogP contribution in [-0.2, 0) is 0 Å². The lowest BCUT2D eigenvalue weighted by molar-refractivity contribution is 0.415. The van der Waals surface area contributed by atoms with Crippen molar-refractivity contribution in [2.75, 3.05) is 7.11 Å². The van der Waals surface area contributed by atoms with Crippen molar-refractivity contribution < 1.29 is 4.74 Å². The first-order valence-electron chi connectivity index (χ1n) is 9.30. The quantitative estimate of drug-likeness (QED) is 0.280. The molecule has 0 aliphatic heterocycles. The third kappa shape index (κ3) is 4.64. The van der Waals surface area contributed by atoms with Crippen molar-refractivity contribution in [3.63, 3.8) is 0 Å². The van der Waals surface area contributed by atoms with E-state index in [1.165, 1.54) is 11.1 Å². The normalized spacial score (nSPS) is 12.1. The Bertz CT molecular complexity index is 1270. The average molecular weight is 498 g/mol. The maximum Gasteiger partial charge on any atom is 0.211 e. The van der Waals surface area contributed by atoms with Gasteiger partial charge in [-0.15, -0.1) is 22.7 Å². The second-order valence-electron chi connectivity index (χ2n) is 6.73. The highest BCUT2D eigenvalue weighted by molar-refractivity contribution is 9.11. The van der Waals surface area contributed by atoms with Gasteiger partial charge in [-0.1, -0.05) is 23.8 Å². The minimum Gasteiger partial charge on any atom is -0.497 e. The van der Waals surface area contributed by atoms with Gasteiger partial charge < -0.3 is 4.74 Å². The van der Waals surface area contributed by atoms with Gasteiger partial charge in [0.05, 0.1) is 33.4 Å². The van der Waals surface area contributed by atoms with Crippen LogP contribution in [0.4, 0.5) is 5.69 Å². The molecule has 0 unspecified atom stereocenters. The second-order valence-corrected chi connectivity index (χ2v) is 10.0. The van der Waals surface area contributed by atoms with Crippen LogP contribution in [-0.4, -0.2) is 18.0 Å². The highest BCUT2D eigenvalue weighted by Crippen LogP contribution is 2.31. The number of hydrogen-bond donors (Lipinski definition) is 0. The number of aromatic nitrogens is 1. The summed E-state index contributed by atoms with van der Waals surface area (Å²) >= 11 is 6.81. The fraction of sp³-hybridized carbons (Fsp3) is 0.130. The van der Waals surface area contributed by atoms with Crippen molar-refractivity contribution in [1.29, 1.82) is 0 Å². The second kappa shape index (κ2) is 9.12. The zero-order valence-corrected chi connectivity index (χ0v) is 20.0. The van der Waals surface area contributed by atoms with E-state index < -0.39 is 0 Å². The summed E-state index contributed by atoms with van der Waals surface area (Å²) in [6.07, 6.45) is 1.90. The number of thiophene rings is 1. The third-order valence-electron chi connectivity index (χ3n) is 4.55. The molecule has 0 saturated heterocycles. The van der Waals surface area contributed by atoms with Crippen LogP contribution >= 0.6 is 38.6 Å². The Labute approximate surface area is 192 Å². The zero-order valence-electron chi connectivity index (χ0n) is 16.8. The van der Waals surface area contributed by atoms with Crippen molar-refractivity contribution in [1.82, 2.24) is 4.68 Å². The topological polar surface area (TPSA) is 38.9 Å². The Morgan fingerprint density at radius 2 is 1.83 bits per heavy atom. The molecule has 152 valence electrons. The van der Waals surface area contributed by atoms with E-state index in [-0.39, 0.29) is 0 Å². The molecule has 2 heterocycles. The van der Waals surface area contributed by atoms with Crippen molar-refractivity contribution in [3.8, 4) is 16.3 Å². The van der Waals surface area contributed by atoms with Gasteiger partial charge in [-0.25, -0.2) is 9.67 Å². The Hall–Kier alpha value is -2.48. The number of halogens is 1. The van der Waals surface area contributed by atoms with Crippen molar-refractivity contribution in [2.24, 2.45) is 10.1 Å². The Morgan fingerprint density at radius 1 is 1.03 bits per heavy atom. The summed E-state index contributed by atoms with van der Waals surface area (Å²) in [6, 6.07) is 18.2. The van der Waals surface area contributed by atoms with Gasteiger partial charge >= 0.3 is 0 Å². The molecule has 0 bridgehead atoms. The van der Waals surface area contributed by atoms with Gasteiger partial charge in [-0.3, -0.25) is 0 Å². The van der Waals surface area contributed by atoms with Crippen LogP contribution in [0.25, 0.3) is 10.6 Å². The van der Waals surface area contributed by atoms with Crippen LogP contribution in [0.3, 0.4) is 0 Å². The zero-order chi connectivity index (χ0) is 21.1. The molecule has 4 rings (SSSR count). The van der Waals surface area contributed by atoms with E-state index in [0.29, 0.717) is 0 Å². The molecule has 30 heavy (non-hydrogen) atoms. The molecule has 0 fully saturated rings. The number of rotatable bonds is 5. The number of benzene rings is 2. The lowest BCUT2D eigenvalue weighted by atomic mass is 10.1. The van der Waals surface area contributed by atoms with Crippen LogP contribution in [0.5, 0.6) is 5.75 Å². The van der Waals surface area contributed by atoms with Crippen LogP contribution in [0.2, 0.25) is 0 Å². The van der Waals surface area contributed by atoms with Crippen LogP contribution in [0, 0.1) is 13.8 Å². The molecule has 0 spiro atoms. The Morgan fingerprint density at radius 3 is 2.50 bits per heavy atom. The van der Waals surface area contributed by atoms with Crippen molar-refractivity contribution in [3.05, 3.63) is 85.3 Å². The van der Waals surface area contributed by atoms with Crippen LogP contribution < -0.4 is 9.54 Å². The molecule has 0 N–H and O–H groups in total. The van der Waals surface area contributed by atoms with E-state index in [9.17, 15) is 0 Å². The maximum atomic E-state index is 5.24. The van der Waals surface area contributed by atoms with Gasteiger partial charge in [0.25, 0.3) is 0 Å². The highest BCUT2D eigenvalue weighted by Gasteiger charge is 2.10. The summed E-state index contributed by atoms with van der Waals surface area (Å²) in [7, 11) is 1.66. The molecule has 2 aromatic heterocycles. The SMILES string of the molecule is COc1ccc(N=c2scc(-c3ccc(Br)s3)n2/N=C\c2ccc(C)cc2C)cc1. The molecule has 0 aliphatic carbocycles. The van der Waals surface area contributed by atoms with Crippen LogP contribution in [0.15, 0.2) is 73.9 Å². The maximum absolute atomic E-state index is 5.24. The van der Waals surface area contributed by atoms with E-state index in [4.69, 9.17) is 14.8 Å². The number of aryl methyl sites for hydroxylation is 2. The predicted octanol–water partition coefficient (Wildman–Crippen LogP) is 6.78. The van der Waals surface area contributed by atoms with Gasteiger partial charge in [0.2, 0.25) is 4.80 Å². The fourth-order valence-corrected chi connectivity index (χ4v) is 5.28. The number of ether oxygens (including phenoxy) is 1. The molecule has 4 aromatic rings. The van der Waals surface area contributed by atoms with Crippen molar-refractivity contribution >= 4 is 50.5 Å². The average Bonchev–Trinajstić information content (AvgIpc) is 3.34. The molecule has 0 saturated carbocycles. The molecular formula is C23H20BrN3OS2. The molecule has 4 nitrogen and oxygen atoms in total. The van der Waals surface area contributed by atoms with Gasteiger partial charge in [-0.2, -0.15) is 5.10 Å². The molecule has 7 heteroatoms. The van der Waals surface area contributed by atoms with Gasteiger partial charge in [0, 0.05) is 5.38 Å². The van der Waals surface area contributed by atoms with Crippen LogP contribution in [0.1, 0.15) is 16.7 Å². The van der Waals surface area contributed by atoms with Gasteiger partial charge in [-0.05, 0) is 77.3 Å². The summed E-state index contributed by atoms with van der Waals surface area (Å²) in [5, 5.41) is 6.91. The predicted molar refractivity (Wildman–Crippen MR) is 130 cm³/mol. The first-order chi connectivity index (χ1) is 14.5. The minimum atomic E-state index is 0.806. The molecular weight excluding hydrogens is 478 g/mol. The van der Waals surface area contributed by atoms with Gasteiger partial charge in [0.15, 0.2) is 0 Å². The third-order valence-corrected chi connectivity index (χ3v) is 7.01. The highest BCUT2D eigenvalue weighted by atomic mass is 79.9. The first-order valence-corrected chi connectivity index (χ1v) is 11.8. The molecule has 2 aromatic carbocycles. The summed E-state index contributed by atoms with van der Waals surface area (Å²) in [4.78, 5) is 6.76. The van der Waals surface area contributed by atoms with E-state index in [2.05, 4.69) is 65.5 Å². The molecule has 0 aliphatic rings. The van der Waals surface area contributed by atoms with E-state index in [0.717, 1.165) is 36.2 Å². The molecule has 0 amide bonds.